The molecule has 1 aliphatic carbocycles. The van der Waals surface area contributed by atoms with Crippen LogP contribution in [0.1, 0.15) is 47.3 Å². The van der Waals surface area contributed by atoms with Crippen LogP contribution in [-0.4, -0.2) is 20.8 Å². The molecular weight excluding hydrogens is 414 g/mol. The first-order chi connectivity index (χ1) is 14.9. The van der Waals surface area contributed by atoms with E-state index in [1.807, 2.05) is 25.1 Å². The highest BCUT2D eigenvalue weighted by Gasteiger charge is 2.36. The SMILES string of the molecule is Cc1cc(NC(=O)c2nn(CC3(c4ccccc4)CCCC3)cc(O)c2=O)ccc1Cl. The monoisotopic (exact) mass is 437 g/mol. The van der Waals surface area contributed by atoms with Gasteiger partial charge in [0.15, 0.2) is 11.4 Å². The van der Waals surface area contributed by atoms with Crippen molar-refractivity contribution in [3.63, 3.8) is 0 Å². The summed E-state index contributed by atoms with van der Waals surface area (Å²) in [5, 5.41) is 17.8. The number of nitrogens with one attached hydrogen (secondary N) is 1. The van der Waals surface area contributed by atoms with Crippen molar-refractivity contribution in [2.45, 2.75) is 44.6 Å². The van der Waals surface area contributed by atoms with Crippen molar-refractivity contribution in [1.29, 1.82) is 0 Å². The molecule has 1 aliphatic rings. The number of anilines is 1. The fourth-order valence-corrected chi connectivity index (χ4v) is 4.48. The maximum atomic E-state index is 12.8. The zero-order valence-electron chi connectivity index (χ0n) is 17.3. The quantitative estimate of drug-likeness (QED) is 0.607. The minimum absolute atomic E-state index is 0.142. The molecule has 0 atom stereocenters. The van der Waals surface area contributed by atoms with Gasteiger partial charge in [0.25, 0.3) is 11.3 Å². The Hall–Kier alpha value is -3.12. The van der Waals surface area contributed by atoms with E-state index in [2.05, 4.69) is 22.5 Å². The zero-order valence-corrected chi connectivity index (χ0v) is 18.0. The zero-order chi connectivity index (χ0) is 22.0. The molecule has 6 nitrogen and oxygen atoms in total. The molecule has 0 saturated heterocycles. The molecule has 3 aromatic rings. The van der Waals surface area contributed by atoms with Crippen molar-refractivity contribution in [2.24, 2.45) is 0 Å². The second-order valence-corrected chi connectivity index (χ2v) is 8.57. The molecule has 1 heterocycles. The molecule has 0 aliphatic heterocycles. The number of aromatic hydroxyl groups is 1. The Labute approximate surface area is 185 Å². The summed E-state index contributed by atoms with van der Waals surface area (Å²) in [6.07, 6.45) is 5.48. The van der Waals surface area contributed by atoms with Crippen LogP contribution in [0, 0.1) is 6.92 Å². The number of hydrogen-bond acceptors (Lipinski definition) is 4. The molecule has 0 unspecified atom stereocenters. The van der Waals surface area contributed by atoms with Crippen molar-refractivity contribution < 1.29 is 9.90 Å². The van der Waals surface area contributed by atoms with Gasteiger partial charge in [-0.25, -0.2) is 0 Å². The average Bonchev–Trinajstić information content (AvgIpc) is 3.23. The molecule has 1 saturated carbocycles. The van der Waals surface area contributed by atoms with Crippen molar-refractivity contribution in [3.05, 3.63) is 86.8 Å². The molecule has 2 aromatic carbocycles. The van der Waals surface area contributed by atoms with E-state index in [-0.39, 0.29) is 11.1 Å². The molecule has 1 amide bonds. The highest BCUT2D eigenvalue weighted by molar-refractivity contribution is 6.31. The Morgan fingerprint density at radius 3 is 2.58 bits per heavy atom. The van der Waals surface area contributed by atoms with Crippen LogP contribution in [0.15, 0.2) is 59.5 Å². The summed E-state index contributed by atoms with van der Waals surface area (Å²) >= 11 is 6.03. The van der Waals surface area contributed by atoms with Crippen LogP contribution < -0.4 is 10.7 Å². The maximum Gasteiger partial charge on any atom is 0.280 e. The van der Waals surface area contributed by atoms with Gasteiger partial charge in [-0.3, -0.25) is 14.3 Å². The fraction of sp³-hybridized carbons (Fsp3) is 0.292. The predicted octanol–water partition coefficient (Wildman–Crippen LogP) is 4.68. The molecule has 0 spiro atoms. The van der Waals surface area contributed by atoms with E-state index in [4.69, 9.17) is 11.6 Å². The summed E-state index contributed by atoms with van der Waals surface area (Å²) in [6, 6.07) is 15.2. The van der Waals surface area contributed by atoms with Crippen LogP contribution in [0.5, 0.6) is 5.75 Å². The highest BCUT2D eigenvalue weighted by Crippen LogP contribution is 2.42. The van der Waals surface area contributed by atoms with E-state index in [0.29, 0.717) is 17.3 Å². The van der Waals surface area contributed by atoms with Crippen molar-refractivity contribution in [1.82, 2.24) is 9.78 Å². The number of carbonyl (C=O) groups is 1. The molecule has 4 rings (SSSR count). The Bertz CT molecular complexity index is 1170. The van der Waals surface area contributed by atoms with Gasteiger partial charge in [0.05, 0.1) is 12.7 Å². The summed E-state index contributed by atoms with van der Waals surface area (Å²) in [6.45, 7) is 2.30. The number of rotatable bonds is 5. The van der Waals surface area contributed by atoms with E-state index in [1.54, 1.807) is 18.2 Å². The molecule has 7 heteroatoms. The Morgan fingerprint density at radius 2 is 1.90 bits per heavy atom. The first kappa shape index (κ1) is 21.1. The molecule has 31 heavy (non-hydrogen) atoms. The summed E-state index contributed by atoms with van der Waals surface area (Å²) < 4.78 is 1.52. The standard InChI is InChI=1S/C24H24ClN3O3/c1-16-13-18(9-10-19(16)25)26-23(31)21-22(30)20(29)14-28(27-21)15-24(11-5-6-12-24)17-7-3-2-4-8-17/h2-4,7-10,13-14,29H,5-6,11-12,15H2,1H3,(H,26,31). The predicted molar refractivity (Wildman–Crippen MR) is 121 cm³/mol. The second kappa shape index (κ2) is 8.55. The number of halogens is 1. The van der Waals surface area contributed by atoms with Crippen LogP contribution in [-0.2, 0) is 12.0 Å². The van der Waals surface area contributed by atoms with Crippen LogP contribution >= 0.6 is 11.6 Å². The Morgan fingerprint density at radius 1 is 1.19 bits per heavy atom. The molecule has 0 bridgehead atoms. The van der Waals surface area contributed by atoms with Gasteiger partial charge in [-0.1, -0.05) is 54.8 Å². The third kappa shape index (κ3) is 4.35. The lowest BCUT2D eigenvalue weighted by molar-refractivity contribution is 0.101. The van der Waals surface area contributed by atoms with E-state index in [1.165, 1.54) is 16.4 Å². The van der Waals surface area contributed by atoms with Gasteiger partial charge in [-0.2, -0.15) is 5.10 Å². The number of nitrogens with zero attached hydrogens (tertiary/aromatic N) is 2. The number of aromatic nitrogens is 2. The van der Waals surface area contributed by atoms with E-state index < -0.39 is 17.1 Å². The molecule has 1 aromatic heterocycles. The van der Waals surface area contributed by atoms with Crippen molar-refractivity contribution in [3.8, 4) is 5.75 Å². The van der Waals surface area contributed by atoms with Gasteiger partial charge in [0.2, 0.25) is 0 Å². The third-order valence-corrected chi connectivity index (χ3v) is 6.41. The molecule has 160 valence electrons. The lowest BCUT2D eigenvalue weighted by Crippen LogP contribution is -2.32. The van der Waals surface area contributed by atoms with E-state index >= 15 is 0 Å². The summed E-state index contributed by atoms with van der Waals surface area (Å²) in [5.41, 5.74) is 1.23. The number of benzene rings is 2. The van der Waals surface area contributed by atoms with Crippen LogP contribution in [0.2, 0.25) is 5.02 Å². The van der Waals surface area contributed by atoms with Gasteiger partial charge in [-0.15, -0.1) is 0 Å². The first-order valence-electron chi connectivity index (χ1n) is 10.3. The smallest absolute Gasteiger partial charge is 0.280 e. The minimum Gasteiger partial charge on any atom is -0.503 e. The summed E-state index contributed by atoms with van der Waals surface area (Å²) in [5.74, 6) is -1.16. The maximum absolute atomic E-state index is 12.8. The van der Waals surface area contributed by atoms with Gasteiger partial charge < -0.3 is 10.4 Å². The first-order valence-corrected chi connectivity index (χ1v) is 10.7. The number of aryl methyl sites for hydroxylation is 1. The molecule has 2 N–H and O–H groups in total. The van der Waals surface area contributed by atoms with Crippen molar-refractivity contribution in [2.75, 3.05) is 5.32 Å². The third-order valence-electron chi connectivity index (χ3n) is 5.99. The average molecular weight is 438 g/mol. The molecule has 1 fully saturated rings. The number of hydrogen-bond donors (Lipinski definition) is 2. The lowest BCUT2D eigenvalue weighted by atomic mass is 9.79. The van der Waals surface area contributed by atoms with E-state index in [9.17, 15) is 14.7 Å². The van der Waals surface area contributed by atoms with Crippen molar-refractivity contribution >= 4 is 23.2 Å². The molecular formula is C24H24ClN3O3. The Kier molecular flexibility index (Phi) is 5.83. The van der Waals surface area contributed by atoms with Gasteiger partial charge in [0.1, 0.15) is 0 Å². The van der Waals surface area contributed by atoms with Gasteiger partial charge in [-0.05, 0) is 49.1 Å². The van der Waals surface area contributed by atoms with Crippen LogP contribution in [0.4, 0.5) is 5.69 Å². The van der Waals surface area contributed by atoms with Gasteiger partial charge >= 0.3 is 0 Å². The summed E-state index contributed by atoms with van der Waals surface area (Å²) in [7, 11) is 0. The van der Waals surface area contributed by atoms with Crippen LogP contribution in [0.25, 0.3) is 0 Å². The normalized spacial score (nSPS) is 15.0. The van der Waals surface area contributed by atoms with Crippen LogP contribution in [0.3, 0.4) is 0 Å². The summed E-state index contributed by atoms with van der Waals surface area (Å²) in [4.78, 5) is 25.2. The Balaban J connectivity index is 1.65. The number of amides is 1. The lowest BCUT2D eigenvalue weighted by Gasteiger charge is -2.30. The number of carbonyl (C=O) groups excluding carboxylic acids is 1. The van der Waals surface area contributed by atoms with Gasteiger partial charge in [0, 0.05) is 16.1 Å². The van der Waals surface area contributed by atoms with E-state index in [0.717, 1.165) is 31.2 Å². The fourth-order valence-electron chi connectivity index (χ4n) is 4.36. The highest BCUT2D eigenvalue weighted by atomic mass is 35.5. The molecule has 0 radical (unpaired) electrons. The minimum atomic E-state index is -0.792. The largest absolute Gasteiger partial charge is 0.503 e. The second-order valence-electron chi connectivity index (χ2n) is 8.16. The topological polar surface area (TPSA) is 84.2 Å².